The van der Waals surface area contributed by atoms with E-state index >= 15 is 0 Å². The topological polar surface area (TPSA) is 162 Å². The summed E-state index contributed by atoms with van der Waals surface area (Å²) in [5, 5.41) is 22.0. The summed E-state index contributed by atoms with van der Waals surface area (Å²) < 4.78 is 5.44. The fourth-order valence-corrected chi connectivity index (χ4v) is 3.55. The molecule has 29 heavy (non-hydrogen) atoms. The smallest absolute Gasteiger partial charge is 0.451 e. The van der Waals surface area contributed by atoms with Gasteiger partial charge in [0.2, 0.25) is 5.91 Å². The zero-order valence-corrected chi connectivity index (χ0v) is 16.3. The summed E-state index contributed by atoms with van der Waals surface area (Å²) in [6.07, 6.45) is 0.820. The Bertz CT molecular complexity index is 756. The summed E-state index contributed by atoms with van der Waals surface area (Å²) in [4.78, 5) is 29.7. The fourth-order valence-electron chi connectivity index (χ4n) is 3.55. The molecule has 1 aromatic rings. The lowest BCUT2D eigenvalue weighted by molar-refractivity contribution is -0.152. The van der Waals surface area contributed by atoms with E-state index in [1.54, 1.807) is 19.1 Å². The number of amides is 1. The predicted molar refractivity (Wildman–Crippen MR) is 106 cm³/mol. The molecule has 0 radical (unpaired) electrons. The van der Waals surface area contributed by atoms with Gasteiger partial charge in [0.05, 0.1) is 6.04 Å². The molecule has 10 nitrogen and oxygen atoms in total. The second kappa shape index (κ2) is 10.3. The van der Waals surface area contributed by atoms with Crippen molar-refractivity contribution >= 4 is 19.0 Å². The Hall–Kier alpha value is -2.59. The Balaban J connectivity index is 2.24. The number of esters is 1. The summed E-state index contributed by atoms with van der Waals surface area (Å²) in [6, 6.07) is 8.30. The highest BCUT2D eigenvalue weighted by molar-refractivity contribution is 6.40. The number of likely N-dealkylation sites (tertiary alicyclic amines) is 1. The first-order valence-electron chi connectivity index (χ1n) is 9.48. The standard InChI is InChI=1S/C18H26BN5O5/c1-13(20)16(25)24-10-15(8-5-9-19(27)28)18(12-24,22-23-21)17(26)29-11-14-6-3-2-4-7-14/h2-4,6-7,13,15,27-28H,5,8-12,20H2,1H3/t13?,15-,18-/m0/s1. The molecule has 1 amide bonds. The third-order valence-electron chi connectivity index (χ3n) is 5.05. The first kappa shape index (κ1) is 22.7. The van der Waals surface area contributed by atoms with Crippen LogP contribution < -0.4 is 5.73 Å². The molecule has 0 spiro atoms. The number of hydrogen-bond acceptors (Lipinski definition) is 7. The van der Waals surface area contributed by atoms with Gasteiger partial charge in [-0.2, -0.15) is 0 Å². The van der Waals surface area contributed by atoms with E-state index in [1.165, 1.54) is 4.90 Å². The molecule has 4 N–H and O–H groups in total. The van der Waals surface area contributed by atoms with E-state index in [0.717, 1.165) is 5.56 Å². The maximum Gasteiger partial charge on any atom is 0.451 e. The van der Waals surface area contributed by atoms with Crippen molar-refractivity contribution in [3.63, 3.8) is 0 Å². The van der Waals surface area contributed by atoms with Crippen molar-refractivity contribution in [3.05, 3.63) is 46.3 Å². The molecule has 11 heteroatoms. The van der Waals surface area contributed by atoms with Crippen molar-refractivity contribution < 1.29 is 24.4 Å². The van der Waals surface area contributed by atoms with Crippen LogP contribution in [0.2, 0.25) is 6.32 Å². The van der Waals surface area contributed by atoms with Gasteiger partial charge in [-0.1, -0.05) is 41.9 Å². The van der Waals surface area contributed by atoms with Crippen molar-refractivity contribution in [3.8, 4) is 0 Å². The minimum atomic E-state index is -1.59. The lowest BCUT2D eigenvalue weighted by Crippen LogP contribution is -2.47. The van der Waals surface area contributed by atoms with Gasteiger partial charge in [0.1, 0.15) is 6.61 Å². The summed E-state index contributed by atoms with van der Waals surface area (Å²) in [5.41, 5.74) is 14.0. The molecule has 0 aromatic heterocycles. The van der Waals surface area contributed by atoms with E-state index in [2.05, 4.69) is 10.0 Å². The largest absolute Gasteiger partial charge is 0.460 e. The fraction of sp³-hybridized carbons (Fsp3) is 0.556. The first-order chi connectivity index (χ1) is 13.8. The van der Waals surface area contributed by atoms with E-state index in [-0.39, 0.29) is 31.9 Å². The molecule has 1 fully saturated rings. The molecular weight excluding hydrogens is 377 g/mol. The van der Waals surface area contributed by atoms with E-state index in [1.807, 2.05) is 18.2 Å². The minimum absolute atomic E-state index is 0.00564. The van der Waals surface area contributed by atoms with Crippen molar-refractivity contribution in [1.29, 1.82) is 0 Å². The molecule has 0 aliphatic carbocycles. The average Bonchev–Trinajstić information content (AvgIpc) is 3.05. The van der Waals surface area contributed by atoms with Crippen LogP contribution in [0.15, 0.2) is 35.4 Å². The van der Waals surface area contributed by atoms with Crippen LogP contribution in [0.5, 0.6) is 0 Å². The number of rotatable bonds is 9. The highest BCUT2D eigenvalue weighted by Crippen LogP contribution is 2.37. The molecule has 3 atom stereocenters. The zero-order valence-electron chi connectivity index (χ0n) is 16.3. The highest BCUT2D eigenvalue weighted by atomic mass is 16.5. The van der Waals surface area contributed by atoms with Crippen LogP contribution in [-0.2, 0) is 20.9 Å². The van der Waals surface area contributed by atoms with Crippen LogP contribution in [0.1, 0.15) is 25.3 Å². The third kappa shape index (κ3) is 5.71. The second-order valence-corrected chi connectivity index (χ2v) is 7.29. The van der Waals surface area contributed by atoms with E-state index < -0.39 is 30.6 Å². The molecule has 1 aliphatic rings. The number of benzene rings is 1. The molecule has 1 aliphatic heterocycles. The molecule has 2 rings (SSSR count). The van der Waals surface area contributed by atoms with Crippen LogP contribution in [0.25, 0.3) is 10.4 Å². The monoisotopic (exact) mass is 403 g/mol. The van der Waals surface area contributed by atoms with Gasteiger partial charge in [0.25, 0.3) is 0 Å². The predicted octanol–water partition coefficient (Wildman–Crippen LogP) is 0.837. The maximum atomic E-state index is 13.0. The number of hydrogen-bond donors (Lipinski definition) is 3. The zero-order chi connectivity index (χ0) is 21.4. The lowest BCUT2D eigenvalue weighted by atomic mass is 9.78. The first-order valence-corrected chi connectivity index (χ1v) is 9.48. The van der Waals surface area contributed by atoms with Crippen LogP contribution in [0, 0.1) is 5.92 Å². The molecule has 156 valence electrons. The summed E-state index contributed by atoms with van der Waals surface area (Å²) in [7, 11) is -1.47. The highest BCUT2D eigenvalue weighted by Gasteiger charge is 2.54. The molecule has 0 saturated carbocycles. The van der Waals surface area contributed by atoms with Crippen LogP contribution >= 0.6 is 0 Å². The third-order valence-corrected chi connectivity index (χ3v) is 5.05. The number of nitrogens with two attached hydrogens (primary N) is 1. The van der Waals surface area contributed by atoms with Crippen LogP contribution in [0.4, 0.5) is 0 Å². The Morgan fingerprint density at radius 3 is 2.72 bits per heavy atom. The quantitative estimate of drug-likeness (QED) is 0.182. The lowest BCUT2D eigenvalue weighted by Gasteiger charge is -2.27. The second-order valence-electron chi connectivity index (χ2n) is 7.29. The number of azide groups is 1. The average molecular weight is 403 g/mol. The van der Waals surface area contributed by atoms with Gasteiger partial charge in [-0.25, -0.2) is 0 Å². The SMILES string of the molecule is CC(N)C(=O)N1C[C@H](CCCB(O)O)[C@](N=[N+]=[N-])(C(=O)OCc2ccccc2)C1. The van der Waals surface area contributed by atoms with Crippen molar-refractivity contribution in [2.45, 2.75) is 44.3 Å². The molecule has 0 bridgehead atoms. The minimum Gasteiger partial charge on any atom is -0.460 e. The Kier molecular flexibility index (Phi) is 8.04. The van der Waals surface area contributed by atoms with Gasteiger partial charge in [-0.05, 0) is 30.8 Å². The van der Waals surface area contributed by atoms with Gasteiger partial charge in [0.15, 0.2) is 5.54 Å². The van der Waals surface area contributed by atoms with Gasteiger partial charge in [0, 0.05) is 23.9 Å². The van der Waals surface area contributed by atoms with Crippen LogP contribution in [0.3, 0.4) is 0 Å². The van der Waals surface area contributed by atoms with Gasteiger partial charge < -0.3 is 25.4 Å². The molecule has 1 saturated heterocycles. The van der Waals surface area contributed by atoms with E-state index in [0.29, 0.717) is 12.8 Å². The van der Waals surface area contributed by atoms with E-state index in [9.17, 15) is 9.59 Å². The number of carbonyl (C=O) groups is 2. The Labute approximate surface area is 169 Å². The molecule has 1 aromatic carbocycles. The summed E-state index contributed by atoms with van der Waals surface area (Å²) in [6.45, 7) is 1.59. The maximum absolute atomic E-state index is 13.0. The number of ether oxygens (including phenoxy) is 1. The molecule has 1 heterocycles. The molecule has 1 unspecified atom stereocenters. The normalized spacial score (nSPS) is 21.9. The van der Waals surface area contributed by atoms with Crippen LogP contribution in [-0.4, -0.2) is 58.6 Å². The molecular formula is C18H26BN5O5. The van der Waals surface area contributed by atoms with E-state index in [4.69, 9.17) is 26.0 Å². The van der Waals surface area contributed by atoms with Crippen molar-refractivity contribution in [2.24, 2.45) is 16.8 Å². The van der Waals surface area contributed by atoms with Gasteiger partial charge in [-0.3, -0.25) is 9.59 Å². The summed E-state index contributed by atoms with van der Waals surface area (Å²) in [5.74, 6) is -1.60. The Morgan fingerprint density at radius 2 is 2.14 bits per heavy atom. The number of carbonyl (C=O) groups excluding carboxylic acids is 2. The van der Waals surface area contributed by atoms with Crippen molar-refractivity contribution in [1.82, 2.24) is 4.90 Å². The Morgan fingerprint density at radius 1 is 1.45 bits per heavy atom. The van der Waals surface area contributed by atoms with Crippen molar-refractivity contribution in [2.75, 3.05) is 13.1 Å². The van der Waals surface area contributed by atoms with Gasteiger partial charge >= 0.3 is 13.1 Å². The van der Waals surface area contributed by atoms with Gasteiger partial charge in [-0.15, -0.1) is 0 Å². The number of nitrogens with zero attached hydrogens (tertiary/aromatic N) is 4. The summed E-state index contributed by atoms with van der Waals surface area (Å²) >= 11 is 0.